The van der Waals surface area contributed by atoms with Crippen LogP contribution in [0.15, 0.2) is 28.7 Å². The Hall–Kier alpha value is -1.75. The van der Waals surface area contributed by atoms with Crippen molar-refractivity contribution >= 4 is 0 Å². The second-order valence-electron chi connectivity index (χ2n) is 5.77. The van der Waals surface area contributed by atoms with Gasteiger partial charge in [0, 0.05) is 13.0 Å². The van der Waals surface area contributed by atoms with E-state index in [0.29, 0.717) is 17.7 Å². The molecule has 4 nitrogen and oxygen atoms in total. The fraction of sp³-hybridized carbons (Fsp3) is 0.500. The van der Waals surface area contributed by atoms with Gasteiger partial charge in [0.25, 0.3) is 0 Å². The first kappa shape index (κ1) is 14.2. The van der Waals surface area contributed by atoms with E-state index in [4.69, 9.17) is 4.42 Å². The molecule has 0 saturated heterocycles. The second-order valence-corrected chi connectivity index (χ2v) is 5.77. The number of aromatic nitrogens is 2. The lowest BCUT2D eigenvalue weighted by Crippen LogP contribution is -2.34. The Morgan fingerprint density at radius 1 is 1.24 bits per heavy atom. The first-order valence-corrected chi connectivity index (χ1v) is 7.45. The van der Waals surface area contributed by atoms with E-state index in [1.165, 1.54) is 31.4 Å². The highest BCUT2D eigenvalue weighted by atomic mass is 19.1. The van der Waals surface area contributed by atoms with Gasteiger partial charge in [0.1, 0.15) is 5.82 Å². The van der Waals surface area contributed by atoms with Gasteiger partial charge in [-0.25, -0.2) is 4.39 Å². The Labute approximate surface area is 123 Å². The zero-order valence-electron chi connectivity index (χ0n) is 12.3. The quantitative estimate of drug-likeness (QED) is 0.911. The zero-order chi connectivity index (χ0) is 14.8. The fourth-order valence-corrected chi connectivity index (χ4v) is 2.78. The smallest absolute Gasteiger partial charge is 0.233 e. The van der Waals surface area contributed by atoms with Gasteiger partial charge >= 0.3 is 0 Å². The van der Waals surface area contributed by atoms with Gasteiger partial charge in [0.15, 0.2) is 0 Å². The summed E-state index contributed by atoms with van der Waals surface area (Å²) in [6.07, 6.45) is 3.66. The summed E-state index contributed by atoms with van der Waals surface area (Å²) in [5.74, 6) is 1.55. The summed E-state index contributed by atoms with van der Waals surface area (Å²) in [5.41, 5.74) is 1.11. The Balaban J connectivity index is 1.77. The average Bonchev–Trinajstić information content (AvgIpc) is 2.83. The van der Waals surface area contributed by atoms with E-state index in [1.807, 2.05) is 19.1 Å². The highest BCUT2D eigenvalue weighted by molar-refractivity contribution is 5.21. The number of aryl methyl sites for hydroxylation is 1. The summed E-state index contributed by atoms with van der Waals surface area (Å²) in [4.78, 5) is 0. The molecule has 1 aliphatic carbocycles. The van der Waals surface area contributed by atoms with Crippen LogP contribution in [0.4, 0.5) is 4.39 Å². The summed E-state index contributed by atoms with van der Waals surface area (Å²) in [6, 6.07) is 6.92. The molecule has 2 aromatic rings. The van der Waals surface area contributed by atoms with Crippen LogP contribution in [0, 0.1) is 18.7 Å². The number of hydrogen-bond donors (Lipinski definition) is 1. The molecule has 21 heavy (non-hydrogen) atoms. The van der Waals surface area contributed by atoms with Crippen molar-refractivity contribution in [3.63, 3.8) is 0 Å². The summed E-state index contributed by atoms with van der Waals surface area (Å²) in [7, 11) is 0. The molecule has 0 aliphatic heterocycles. The number of nitrogens with one attached hydrogen (secondary N) is 1. The normalized spacial score (nSPS) is 18.2. The molecule has 0 unspecified atom stereocenters. The van der Waals surface area contributed by atoms with Gasteiger partial charge in [0.2, 0.25) is 11.8 Å². The van der Waals surface area contributed by atoms with Crippen LogP contribution in [0.1, 0.15) is 55.6 Å². The van der Waals surface area contributed by atoms with Gasteiger partial charge in [-0.15, -0.1) is 10.2 Å². The molecule has 1 fully saturated rings. The standard InChI is InChI=1S/C16H20FN3O/c1-10(16-20-19-11(2)21-16)18-15(12-4-3-5-12)13-6-8-14(17)9-7-13/h6-10,12,15,18H,3-5H2,1-2H3/t10-,15-/m0/s1. The van der Waals surface area contributed by atoms with E-state index < -0.39 is 0 Å². The van der Waals surface area contributed by atoms with Crippen LogP contribution in [0.3, 0.4) is 0 Å². The maximum absolute atomic E-state index is 13.1. The topological polar surface area (TPSA) is 51.0 Å². The summed E-state index contributed by atoms with van der Waals surface area (Å²) in [5, 5.41) is 11.5. The van der Waals surface area contributed by atoms with Gasteiger partial charge in [-0.2, -0.15) is 0 Å². The number of hydrogen-bond acceptors (Lipinski definition) is 4. The molecule has 0 amide bonds. The van der Waals surface area contributed by atoms with Gasteiger partial charge < -0.3 is 4.42 Å². The van der Waals surface area contributed by atoms with Crippen molar-refractivity contribution < 1.29 is 8.81 Å². The predicted octanol–water partition coefficient (Wildman–Crippen LogP) is 3.71. The maximum atomic E-state index is 13.1. The van der Waals surface area contributed by atoms with Gasteiger partial charge in [-0.05, 0) is 43.4 Å². The molecule has 1 aromatic carbocycles. The number of rotatable bonds is 5. The van der Waals surface area contributed by atoms with Gasteiger partial charge in [-0.3, -0.25) is 5.32 Å². The first-order valence-electron chi connectivity index (χ1n) is 7.45. The van der Waals surface area contributed by atoms with E-state index in [0.717, 1.165) is 5.56 Å². The van der Waals surface area contributed by atoms with Crippen molar-refractivity contribution in [1.82, 2.24) is 15.5 Å². The molecule has 112 valence electrons. The van der Waals surface area contributed by atoms with Crippen LogP contribution < -0.4 is 5.32 Å². The lowest BCUT2D eigenvalue weighted by molar-refractivity contribution is 0.211. The Morgan fingerprint density at radius 3 is 2.48 bits per heavy atom. The fourth-order valence-electron chi connectivity index (χ4n) is 2.78. The third kappa shape index (κ3) is 3.13. The van der Waals surface area contributed by atoms with Crippen molar-refractivity contribution in [2.45, 2.75) is 45.2 Å². The number of benzene rings is 1. The molecule has 1 saturated carbocycles. The lowest BCUT2D eigenvalue weighted by Gasteiger charge is -2.36. The van der Waals surface area contributed by atoms with Crippen LogP contribution >= 0.6 is 0 Å². The maximum Gasteiger partial charge on any atom is 0.233 e. The molecule has 1 aliphatic rings. The molecular weight excluding hydrogens is 269 g/mol. The number of nitrogens with zero attached hydrogens (tertiary/aromatic N) is 2. The second kappa shape index (κ2) is 5.93. The molecular formula is C16H20FN3O. The van der Waals surface area contributed by atoms with Crippen LogP contribution in [0.25, 0.3) is 0 Å². The highest BCUT2D eigenvalue weighted by Gasteiger charge is 2.30. The molecule has 0 spiro atoms. The third-order valence-corrected chi connectivity index (χ3v) is 4.19. The zero-order valence-corrected chi connectivity index (χ0v) is 12.3. The predicted molar refractivity (Wildman–Crippen MR) is 77.1 cm³/mol. The van der Waals surface area contributed by atoms with E-state index >= 15 is 0 Å². The SMILES string of the molecule is Cc1nnc([C@H](C)N[C@H](c2ccc(F)cc2)C2CCC2)o1. The minimum Gasteiger partial charge on any atom is -0.424 e. The first-order chi connectivity index (χ1) is 10.1. The Kier molecular flexibility index (Phi) is 4.01. The summed E-state index contributed by atoms with van der Waals surface area (Å²) >= 11 is 0. The van der Waals surface area contributed by atoms with Crippen LogP contribution in [0.5, 0.6) is 0 Å². The average molecular weight is 289 g/mol. The molecule has 1 aromatic heterocycles. The largest absolute Gasteiger partial charge is 0.424 e. The van der Waals surface area contributed by atoms with Crippen molar-refractivity contribution in [3.8, 4) is 0 Å². The molecule has 1 heterocycles. The summed E-state index contributed by atoms with van der Waals surface area (Å²) in [6.45, 7) is 3.80. The Morgan fingerprint density at radius 2 is 1.95 bits per heavy atom. The van der Waals surface area contributed by atoms with Crippen molar-refractivity contribution in [1.29, 1.82) is 0 Å². The Bertz CT molecular complexity index is 592. The molecule has 3 rings (SSSR count). The minimum atomic E-state index is -0.202. The molecule has 1 N–H and O–H groups in total. The van der Waals surface area contributed by atoms with Crippen molar-refractivity contribution in [2.75, 3.05) is 0 Å². The van der Waals surface area contributed by atoms with Crippen molar-refractivity contribution in [2.24, 2.45) is 5.92 Å². The molecule has 0 bridgehead atoms. The minimum absolute atomic E-state index is 0.0261. The molecule has 5 heteroatoms. The van der Waals surface area contributed by atoms with E-state index in [2.05, 4.69) is 15.5 Å². The van der Waals surface area contributed by atoms with Crippen LogP contribution in [0.2, 0.25) is 0 Å². The van der Waals surface area contributed by atoms with Gasteiger partial charge in [0.05, 0.1) is 6.04 Å². The van der Waals surface area contributed by atoms with Crippen LogP contribution in [-0.4, -0.2) is 10.2 Å². The van der Waals surface area contributed by atoms with E-state index in [-0.39, 0.29) is 17.9 Å². The molecule has 0 radical (unpaired) electrons. The third-order valence-electron chi connectivity index (χ3n) is 4.19. The van der Waals surface area contributed by atoms with E-state index in [9.17, 15) is 4.39 Å². The molecule has 2 atom stereocenters. The summed E-state index contributed by atoms with van der Waals surface area (Å²) < 4.78 is 18.6. The van der Waals surface area contributed by atoms with E-state index in [1.54, 1.807) is 6.92 Å². The number of halogens is 1. The highest BCUT2D eigenvalue weighted by Crippen LogP contribution is 2.39. The van der Waals surface area contributed by atoms with Gasteiger partial charge in [-0.1, -0.05) is 18.6 Å². The monoisotopic (exact) mass is 289 g/mol. The lowest BCUT2D eigenvalue weighted by atomic mass is 9.77. The van der Waals surface area contributed by atoms with Crippen molar-refractivity contribution in [3.05, 3.63) is 47.4 Å². The van der Waals surface area contributed by atoms with Crippen LogP contribution in [-0.2, 0) is 0 Å².